The van der Waals surface area contributed by atoms with Gasteiger partial charge in [-0.25, -0.2) is 13.2 Å². The quantitative estimate of drug-likeness (QED) is 0.841. The Hall–Kier alpha value is -2.57. The van der Waals surface area contributed by atoms with E-state index >= 15 is 0 Å². The predicted molar refractivity (Wildman–Crippen MR) is 81.9 cm³/mol. The zero-order valence-corrected chi connectivity index (χ0v) is 12.9. The van der Waals surface area contributed by atoms with Gasteiger partial charge in [-0.05, 0) is 39.0 Å². The number of amides is 1. The summed E-state index contributed by atoms with van der Waals surface area (Å²) in [5.41, 5.74) is 0.0885. The molecule has 0 saturated heterocycles. The van der Waals surface area contributed by atoms with E-state index in [0.717, 1.165) is 12.1 Å². The highest BCUT2D eigenvalue weighted by Crippen LogP contribution is 2.21. The molecule has 0 unspecified atom stereocenters. The molecular weight excluding hydrogens is 307 g/mol. The van der Waals surface area contributed by atoms with Crippen molar-refractivity contribution in [2.45, 2.75) is 26.3 Å². The highest BCUT2D eigenvalue weighted by Gasteiger charge is 2.17. The van der Waals surface area contributed by atoms with E-state index in [0.29, 0.717) is 5.69 Å². The second-order valence-electron chi connectivity index (χ2n) is 6.01. The zero-order valence-electron chi connectivity index (χ0n) is 12.9. The molecule has 4 nitrogen and oxygen atoms in total. The van der Waals surface area contributed by atoms with Crippen LogP contribution in [0.2, 0.25) is 0 Å². The summed E-state index contributed by atoms with van der Waals surface area (Å²) in [7, 11) is 0. The molecule has 2 aromatic rings. The van der Waals surface area contributed by atoms with E-state index in [4.69, 9.17) is 0 Å². The standard InChI is InChI=1S/C16H16F3N3O/c1-16(2,3)22-10-6-9(7-20-8-10)15(23)21-12-5-4-11(17)13(18)14(12)19/h4-8,22H,1-3H3,(H,21,23). The lowest BCUT2D eigenvalue weighted by Crippen LogP contribution is -2.26. The maximum absolute atomic E-state index is 13.6. The molecule has 23 heavy (non-hydrogen) atoms. The lowest BCUT2D eigenvalue weighted by atomic mass is 10.1. The van der Waals surface area contributed by atoms with Crippen LogP contribution < -0.4 is 10.6 Å². The van der Waals surface area contributed by atoms with Crippen LogP contribution in [0.4, 0.5) is 24.5 Å². The molecule has 0 saturated carbocycles. The SMILES string of the molecule is CC(C)(C)Nc1cncc(C(=O)Nc2ccc(F)c(F)c2F)c1. The summed E-state index contributed by atoms with van der Waals surface area (Å²) in [5.74, 6) is -5.09. The molecule has 0 fully saturated rings. The van der Waals surface area contributed by atoms with E-state index in [9.17, 15) is 18.0 Å². The molecule has 2 N–H and O–H groups in total. The van der Waals surface area contributed by atoms with Crippen molar-refractivity contribution in [3.05, 3.63) is 53.6 Å². The molecule has 7 heteroatoms. The van der Waals surface area contributed by atoms with Gasteiger partial charge in [0.15, 0.2) is 17.5 Å². The Kier molecular flexibility index (Phi) is 4.58. The van der Waals surface area contributed by atoms with Crippen LogP contribution in [0.3, 0.4) is 0 Å². The number of nitrogens with one attached hydrogen (secondary N) is 2. The van der Waals surface area contributed by atoms with E-state index in [1.165, 1.54) is 12.3 Å². The van der Waals surface area contributed by atoms with Crippen LogP contribution in [0.15, 0.2) is 30.6 Å². The average molecular weight is 323 g/mol. The fraction of sp³-hybridized carbons (Fsp3) is 0.250. The van der Waals surface area contributed by atoms with Crippen LogP contribution in [0.25, 0.3) is 0 Å². The number of halogens is 3. The molecule has 122 valence electrons. The van der Waals surface area contributed by atoms with Gasteiger partial charge in [0.2, 0.25) is 0 Å². The van der Waals surface area contributed by atoms with Crippen molar-refractivity contribution in [2.24, 2.45) is 0 Å². The molecule has 0 aliphatic rings. The Labute approximate surface area is 131 Å². The minimum absolute atomic E-state index is 0.156. The molecule has 2 rings (SSSR count). The fourth-order valence-corrected chi connectivity index (χ4v) is 1.88. The van der Waals surface area contributed by atoms with Gasteiger partial charge in [-0.15, -0.1) is 0 Å². The summed E-state index contributed by atoms with van der Waals surface area (Å²) in [6, 6.07) is 3.23. The minimum Gasteiger partial charge on any atom is -0.379 e. The molecule has 0 spiro atoms. The van der Waals surface area contributed by atoms with E-state index in [1.54, 1.807) is 6.20 Å². The number of nitrogens with zero attached hydrogens (tertiary/aromatic N) is 1. The van der Waals surface area contributed by atoms with Crippen LogP contribution >= 0.6 is 0 Å². The molecule has 0 radical (unpaired) electrons. The van der Waals surface area contributed by atoms with Gasteiger partial charge in [-0.1, -0.05) is 0 Å². The van der Waals surface area contributed by atoms with E-state index in [2.05, 4.69) is 15.6 Å². The molecule has 1 aromatic carbocycles. The van der Waals surface area contributed by atoms with Gasteiger partial charge in [0.25, 0.3) is 5.91 Å². The number of anilines is 2. The van der Waals surface area contributed by atoms with Crippen molar-refractivity contribution in [1.29, 1.82) is 0 Å². The van der Waals surface area contributed by atoms with Gasteiger partial charge < -0.3 is 10.6 Å². The van der Waals surface area contributed by atoms with Gasteiger partial charge in [-0.3, -0.25) is 9.78 Å². The Balaban J connectivity index is 2.22. The van der Waals surface area contributed by atoms with Crippen molar-refractivity contribution in [3.8, 4) is 0 Å². The highest BCUT2D eigenvalue weighted by atomic mass is 19.2. The maximum atomic E-state index is 13.6. The summed E-state index contributed by atoms with van der Waals surface area (Å²) >= 11 is 0. The highest BCUT2D eigenvalue weighted by molar-refractivity contribution is 6.04. The number of benzene rings is 1. The molecule has 1 amide bonds. The largest absolute Gasteiger partial charge is 0.379 e. The first kappa shape index (κ1) is 16.8. The fourth-order valence-electron chi connectivity index (χ4n) is 1.88. The minimum atomic E-state index is -1.64. The summed E-state index contributed by atoms with van der Waals surface area (Å²) in [6.07, 6.45) is 2.83. The number of carbonyl (C=O) groups excluding carboxylic acids is 1. The van der Waals surface area contributed by atoms with Crippen LogP contribution in [-0.4, -0.2) is 16.4 Å². The smallest absolute Gasteiger partial charge is 0.257 e. The number of pyridine rings is 1. The van der Waals surface area contributed by atoms with Crippen molar-refractivity contribution < 1.29 is 18.0 Å². The molecular formula is C16H16F3N3O. The van der Waals surface area contributed by atoms with Gasteiger partial charge in [0, 0.05) is 17.9 Å². The zero-order chi connectivity index (χ0) is 17.2. The van der Waals surface area contributed by atoms with Gasteiger partial charge in [0.1, 0.15) is 0 Å². The monoisotopic (exact) mass is 323 g/mol. The molecule has 0 atom stereocenters. The third-order valence-electron chi connectivity index (χ3n) is 2.80. The Morgan fingerprint density at radius 3 is 2.43 bits per heavy atom. The summed E-state index contributed by atoms with van der Waals surface area (Å²) in [5, 5.41) is 5.34. The van der Waals surface area contributed by atoms with Crippen molar-refractivity contribution >= 4 is 17.3 Å². The first-order valence-corrected chi connectivity index (χ1v) is 6.85. The topological polar surface area (TPSA) is 54.0 Å². The molecule has 0 aliphatic heterocycles. The third kappa shape index (κ3) is 4.21. The van der Waals surface area contributed by atoms with E-state index in [1.807, 2.05) is 20.8 Å². The lowest BCUT2D eigenvalue weighted by molar-refractivity contribution is 0.102. The first-order valence-electron chi connectivity index (χ1n) is 6.85. The normalized spacial score (nSPS) is 11.2. The van der Waals surface area contributed by atoms with Gasteiger partial charge in [0.05, 0.1) is 16.9 Å². The molecule has 0 aliphatic carbocycles. The Morgan fingerprint density at radius 2 is 1.78 bits per heavy atom. The summed E-state index contributed by atoms with van der Waals surface area (Å²) in [4.78, 5) is 16.1. The van der Waals surface area contributed by atoms with E-state index < -0.39 is 29.0 Å². The van der Waals surface area contributed by atoms with Gasteiger partial charge >= 0.3 is 0 Å². The average Bonchev–Trinajstić information content (AvgIpc) is 2.46. The molecule has 0 bridgehead atoms. The van der Waals surface area contributed by atoms with Crippen molar-refractivity contribution in [1.82, 2.24) is 4.98 Å². The summed E-state index contributed by atoms with van der Waals surface area (Å²) in [6.45, 7) is 5.82. The van der Waals surface area contributed by atoms with Gasteiger partial charge in [-0.2, -0.15) is 0 Å². The second-order valence-corrected chi connectivity index (χ2v) is 6.01. The number of aromatic nitrogens is 1. The molecule has 1 heterocycles. The van der Waals surface area contributed by atoms with Crippen LogP contribution in [0, 0.1) is 17.5 Å². The predicted octanol–water partition coefficient (Wildman–Crippen LogP) is 3.96. The molecule has 1 aromatic heterocycles. The van der Waals surface area contributed by atoms with E-state index in [-0.39, 0.29) is 11.1 Å². The second kappa shape index (κ2) is 6.28. The van der Waals surface area contributed by atoms with Crippen molar-refractivity contribution in [2.75, 3.05) is 10.6 Å². The summed E-state index contributed by atoms with van der Waals surface area (Å²) < 4.78 is 39.6. The third-order valence-corrected chi connectivity index (χ3v) is 2.80. The van der Waals surface area contributed by atoms with Crippen LogP contribution in [0.1, 0.15) is 31.1 Å². The van der Waals surface area contributed by atoms with Crippen LogP contribution in [0.5, 0.6) is 0 Å². The number of rotatable bonds is 3. The number of hydrogen-bond donors (Lipinski definition) is 2. The first-order chi connectivity index (χ1) is 10.7. The number of carbonyl (C=O) groups is 1. The van der Waals surface area contributed by atoms with Crippen LogP contribution in [-0.2, 0) is 0 Å². The Morgan fingerprint density at radius 1 is 1.09 bits per heavy atom. The lowest BCUT2D eigenvalue weighted by Gasteiger charge is -2.22. The Bertz CT molecular complexity index is 742. The maximum Gasteiger partial charge on any atom is 0.257 e. The van der Waals surface area contributed by atoms with Crippen molar-refractivity contribution in [3.63, 3.8) is 0 Å². The number of hydrogen-bond acceptors (Lipinski definition) is 3.